The molecule has 0 spiro atoms. The summed E-state index contributed by atoms with van der Waals surface area (Å²) in [6.07, 6.45) is 0. The van der Waals surface area contributed by atoms with Crippen molar-refractivity contribution in [3.63, 3.8) is 0 Å². The van der Waals surface area contributed by atoms with Gasteiger partial charge in [-0.1, -0.05) is 19.9 Å². The minimum Gasteiger partial charge on any atom is -0.347 e. The highest BCUT2D eigenvalue weighted by Gasteiger charge is 2.23. The van der Waals surface area contributed by atoms with Crippen LogP contribution in [0.15, 0.2) is 34.3 Å². The third kappa shape index (κ3) is 5.38. The van der Waals surface area contributed by atoms with Crippen LogP contribution in [0.1, 0.15) is 30.3 Å². The summed E-state index contributed by atoms with van der Waals surface area (Å²) in [5.74, 6) is 0.531. The maximum atomic E-state index is 12.5. The summed E-state index contributed by atoms with van der Waals surface area (Å²) in [6.45, 7) is 9.83. The molecule has 1 amide bonds. The summed E-state index contributed by atoms with van der Waals surface area (Å²) < 4.78 is 0. The molecule has 2 aromatic heterocycles. The highest BCUT2D eigenvalue weighted by Crippen LogP contribution is 2.25. The average Bonchev–Trinajstić information content (AvgIpc) is 3.28. The molecule has 3 heterocycles. The molecule has 0 radical (unpaired) electrons. The third-order valence-electron chi connectivity index (χ3n) is 4.65. The first-order valence-electron chi connectivity index (χ1n) is 8.90. The number of nitrogens with one attached hydrogen (secondary N) is 1. The van der Waals surface area contributed by atoms with E-state index in [0.717, 1.165) is 32.7 Å². The first-order chi connectivity index (χ1) is 12.1. The zero-order valence-electron chi connectivity index (χ0n) is 15.0. The van der Waals surface area contributed by atoms with E-state index in [9.17, 15) is 4.79 Å². The zero-order chi connectivity index (χ0) is 17.6. The molecule has 25 heavy (non-hydrogen) atoms. The highest BCUT2D eigenvalue weighted by atomic mass is 32.1. The normalized spacial score (nSPS) is 17.7. The average molecular weight is 378 g/mol. The van der Waals surface area contributed by atoms with Crippen LogP contribution < -0.4 is 5.32 Å². The van der Waals surface area contributed by atoms with Crippen molar-refractivity contribution in [3.8, 4) is 0 Å². The Morgan fingerprint density at radius 2 is 1.92 bits per heavy atom. The molecule has 136 valence electrons. The van der Waals surface area contributed by atoms with Gasteiger partial charge in [-0.2, -0.15) is 11.3 Å². The second-order valence-electron chi connectivity index (χ2n) is 6.99. The van der Waals surface area contributed by atoms with Gasteiger partial charge in [0.15, 0.2) is 0 Å². The van der Waals surface area contributed by atoms with E-state index in [4.69, 9.17) is 0 Å². The van der Waals surface area contributed by atoms with Gasteiger partial charge in [-0.05, 0) is 39.8 Å². The van der Waals surface area contributed by atoms with E-state index >= 15 is 0 Å². The van der Waals surface area contributed by atoms with Crippen LogP contribution in [0.25, 0.3) is 0 Å². The van der Waals surface area contributed by atoms with E-state index in [1.165, 1.54) is 10.4 Å². The van der Waals surface area contributed by atoms with Crippen LogP contribution >= 0.6 is 22.7 Å². The van der Waals surface area contributed by atoms with Gasteiger partial charge >= 0.3 is 0 Å². The molecular weight excluding hydrogens is 350 g/mol. The van der Waals surface area contributed by atoms with E-state index in [-0.39, 0.29) is 11.9 Å². The fourth-order valence-corrected chi connectivity index (χ4v) is 4.81. The molecule has 0 bridgehead atoms. The molecule has 1 aliphatic rings. The van der Waals surface area contributed by atoms with Crippen LogP contribution in [0.2, 0.25) is 0 Å². The molecule has 0 saturated carbocycles. The van der Waals surface area contributed by atoms with Gasteiger partial charge in [0, 0.05) is 37.6 Å². The number of carbonyl (C=O) groups is 1. The van der Waals surface area contributed by atoms with Crippen LogP contribution in [0.4, 0.5) is 0 Å². The quantitative estimate of drug-likeness (QED) is 0.803. The smallest absolute Gasteiger partial charge is 0.234 e. The molecular formula is C19H27N3OS2. The summed E-state index contributed by atoms with van der Waals surface area (Å²) in [7, 11) is 0. The van der Waals surface area contributed by atoms with Crippen molar-refractivity contribution in [3.05, 3.63) is 44.8 Å². The summed E-state index contributed by atoms with van der Waals surface area (Å²) in [5.41, 5.74) is 1.40. The monoisotopic (exact) mass is 377 g/mol. The van der Waals surface area contributed by atoms with Crippen LogP contribution in [-0.2, 0) is 11.3 Å². The van der Waals surface area contributed by atoms with Crippen LogP contribution in [-0.4, -0.2) is 48.4 Å². The Morgan fingerprint density at radius 3 is 2.52 bits per heavy atom. The van der Waals surface area contributed by atoms with Crippen molar-refractivity contribution in [2.24, 2.45) is 5.92 Å². The molecule has 0 aromatic carbocycles. The predicted octanol–water partition coefficient (Wildman–Crippen LogP) is 3.44. The van der Waals surface area contributed by atoms with Crippen molar-refractivity contribution in [2.75, 3.05) is 32.7 Å². The SMILES string of the molecule is CC(C)C(NC(=O)CN1CCN(Cc2ccsc2)CC1)c1cccs1. The van der Waals surface area contributed by atoms with Crippen LogP contribution in [0, 0.1) is 5.92 Å². The van der Waals surface area contributed by atoms with E-state index in [0.29, 0.717) is 12.5 Å². The highest BCUT2D eigenvalue weighted by molar-refractivity contribution is 7.10. The third-order valence-corrected chi connectivity index (χ3v) is 6.34. The topological polar surface area (TPSA) is 35.6 Å². The summed E-state index contributed by atoms with van der Waals surface area (Å²) in [4.78, 5) is 18.5. The van der Waals surface area contributed by atoms with Crippen molar-refractivity contribution in [1.82, 2.24) is 15.1 Å². The number of thiophene rings is 2. The summed E-state index contributed by atoms with van der Waals surface area (Å²) in [5, 5.41) is 9.66. The van der Waals surface area contributed by atoms with E-state index in [2.05, 4.69) is 57.2 Å². The minimum atomic E-state index is 0.118. The number of hydrogen-bond acceptors (Lipinski definition) is 5. The molecule has 1 fully saturated rings. The second kappa shape index (κ2) is 8.94. The maximum Gasteiger partial charge on any atom is 0.234 e. The molecule has 1 N–H and O–H groups in total. The first-order valence-corrected chi connectivity index (χ1v) is 10.7. The van der Waals surface area contributed by atoms with Crippen molar-refractivity contribution in [1.29, 1.82) is 0 Å². The first kappa shape index (κ1) is 18.6. The lowest BCUT2D eigenvalue weighted by Crippen LogP contribution is -2.49. The van der Waals surface area contributed by atoms with Gasteiger partial charge in [-0.25, -0.2) is 0 Å². The van der Waals surface area contributed by atoms with Gasteiger partial charge in [-0.15, -0.1) is 11.3 Å². The summed E-state index contributed by atoms with van der Waals surface area (Å²) in [6, 6.07) is 6.47. The summed E-state index contributed by atoms with van der Waals surface area (Å²) >= 11 is 3.47. The largest absolute Gasteiger partial charge is 0.347 e. The Kier molecular flexibility index (Phi) is 6.64. The lowest BCUT2D eigenvalue weighted by Gasteiger charge is -2.34. The Bertz CT molecular complexity index is 632. The molecule has 6 heteroatoms. The van der Waals surface area contributed by atoms with Gasteiger partial charge in [0.2, 0.25) is 5.91 Å². The fourth-order valence-electron chi connectivity index (χ4n) is 3.20. The number of hydrogen-bond donors (Lipinski definition) is 1. The van der Waals surface area contributed by atoms with Crippen LogP contribution in [0.5, 0.6) is 0 Å². The van der Waals surface area contributed by atoms with E-state index in [1.807, 2.05) is 6.07 Å². The number of amides is 1. The van der Waals surface area contributed by atoms with Gasteiger partial charge in [0.05, 0.1) is 12.6 Å². The second-order valence-corrected chi connectivity index (χ2v) is 8.75. The maximum absolute atomic E-state index is 12.5. The molecule has 1 atom stereocenters. The van der Waals surface area contributed by atoms with E-state index in [1.54, 1.807) is 22.7 Å². The molecule has 1 unspecified atom stereocenters. The molecule has 1 saturated heterocycles. The molecule has 1 aliphatic heterocycles. The Labute approximate surface area is 158 Å². The van der Waals surface area contributed by atoms with Gasteiger partial charge in [0.1, 0.15) is 0 Å². The Morgan fingerprint density at radius 1 is 1.16 bits per heavy atom. The number of carbonyl (C=O) groups excluding carboxylic acids is 1. The molecule has 4 nitrogen and oxygen atoms in total. The Balaban J connectivity index is 1.44. The fraction of sp³-hybridized carbons (Fsp3) is 0.526. The lowest BCUT2D eigenvalue weighted by molar-refractivity contribution is -0.123. The van der Waals surface area contributed by atoms with Gasteiger partial charge in [-0.3, -0.25) is 14.6 Å². The van der Waals surface area contributed by atoms with Crippen molar-refractivity contribution in [2.45, 2.75) is 26.4 Å². The minimum absolute atomic E-state index is 0.118. The predicted molar refractivity (Wildman–Crippen MR) is 106 cm³/mol. The van der Waals surface area contributed by atoms with Crippen LogP contribution in [0.3, 0.4) is 0 Å². The van der Waals surface area contributed by atoms with Crippen molar-refractivity contribution >= 4 is 28.6 Å². The van der Waals surface area contributed by atoms with Gasteiger partial charge in [0.25, 0.3) is 0 Å². The standard InChI is InChI=1S/C19H27N3OS2/c1-15(2)19(17-4-3-10-25-17)20-18(23)13-22-8-6-21(7-9-22)12-16-5-11-24-14-16/h3-5,10-11,14-15,19H,6-9,12-13H2,1-2H3,(H,20,23). The molecule has 3 rings (SSSR count). The number of piperazine rings is 1. The number of rotatable bonds is 7. The molecule has 2 aromatic rings. The molecule has 0 aliphatic carbocycles. The van der Waals surface area contributed by atoms with Gasteiger partial charge < -0.3 is 5.32 Å². The van der Waals surface area contributed by atoms with E-state index < -0.39 is 0 Å². The number of nitrogens with zero attached hydrogens (tertiary/aromatic N) is 2. The lowest BCUT2D eigenvalue weighted by atomic mass is 10.0. The Hall–Kier alpha value is -1.21. The zero-order valence-corrected chi connectivity index (χ0v) is 16.6. The van der Waals surface area contributed by atoms with Crippen molar-refractivity contribution < 1.29 is 4.79 Å².